The topological polar surface area (TPSA) is 84.9 Å². The van der Waals surface area contributed by atoms with Crippen LogP contribution in [0.1, 0.15) is 6.92 Å². The van der Waals surface area contributed by atoms with Crippen molar-refractivity contribution in [2.75, 3.05) is 30.8 Å². The van der Waals surface area contributed by atoms with E-state index in [1.165, 1.54) is 50.4 Å². The van der Waals surface area contributed by atoms with E-state index < -0.39 is 22.0 Å². The van der Waals surface area contributed by atoms with E-state index >= 15 is 0 Å². The molecule has 0 aliphatic carbocycles. The number of hydrogen-bond donors (Lipinski definition) is 1. The second-order valence-corrected chi connectivity index (χ2v) is 8.44. The van der Waals surface area contributed by atoms with Crippen LogP contribution in [0.4, 0.5) is 10.1 Å². The summed E-state index contributed by atoms with van der Waals surface area (Å²) in [6.07, 6.45) is 0.995. The highest BCUT2D eigenvalue weighted by Gasteiger charge is 2.31. The van der Waals surface area contributed by atoms with Gasteiger partial charge in [0.15, 0.2) is 0 Å². The first kappa shape index (κ1) is 22.8. The molecule has 0 heterocycles. The Morgan fingerprint density at radius 1 is 1.24 bits per heavy atom. The number of hydrogen-bond acceptors (Lipinski definition) is 5. The summed E-state index contributed by atoms with van der Waals surface area (Å²) in [6.45, 7) is 1.71. The smallest absolute Gasteiger partial charge is 0.243 e. The summed E-state index contributed by atoms with van der Waals surface area (Å²) in [4.78, 5) is 12.5. The summed E-state index contributed by atoms with van der Waals surface area (Å²) in [5.74, 6) is -0.189. The van der Waals surface area contributed by atoms with Gasteiger partial charge in [0.25, 0.3) is 0 Å². The molecule has 10 heteroatoms. The first-order valence-corrected chi connectivity index (χ1v) is 10.8. The molecule has 0 radical (unpaired) electrons. The summed E-state index contributed by atoms with van der Waals surface area (Å²) in [5, 5.41) is 2.92. The molecule has 158 valence electrons. The molecule has 1 N–H and O–H groups in total. The number of nitrogens with one attached hydrogen (secondary N) is 1. The predicted octanol–water partition coefficient (Wildman–Crippen LogP) is 2.84. The molecule has 0 unspecified atom stereocenters. The number of anilines is 1. The maximum Gasteiger partial charge on any atom is 0.243 e. The lowest BCUT2D eigenvalue weighted by Crippen LogP contribution is -2.48. The average Bonchev–Trinajstić information content (AvgIpc) is 2.65. The molecule has 2 aromatic rings. The van der Waals surface area contributed by atoms with Crippen molar-refractivity contribution in [3.63, 3.8) is 0 Å². The van der Waals surface area contributed by atoms with Gasteiger partial charge >= 0.3 is 0 Å². The number of halogens is 2. The molecular weight excluding hydrogens is 423 g/mol. The maximum absolute atomic E-state index is 12.9. The highest BCUT2D eigenvalue weighted by atomic mass is 35.5. The van der Waals surface area contributed by atoms with Crippen molar-refractivity contribution >= 4 is 33.2 Å². The summed E-state index contributed by atoms with van der Waals surface area (Å²) < 4.78 is 49.2. The number of ether oxygens (including phenoxy) is 2. The van der Waals surface area contributed by atoms with Crippen LogP contribution in [0.2, 0.25) is 5.02 Å². The van der Waals surface area contributed by atoms with E-state index in [0.717, 1.165) is 10.6 Å². The van der Waals surface area contributed by atoms with Crippen molar-refractivity contribution in [3.8, 4) is 11.5 Å². The summed E-state index contributed by atoms with van der Waals surface area (Å²) >= 11 is 6.01. The van der Waals surface area contributed by atoms with Gasteiger partial charge < -0.3 is 14.8 Å². The molecule has 0 aliphatic heterocycles. The van der Waals surface area contributed by atoms with Crippen LogP contribution in [0.25, 0.3) is 0 Å². The molecule has 1 amide bonds. The van der Waals surface area contributed by atoms with Gasteiger partial charge in [-0.3, -0.25) is 9.10 Å². The fraction of sp³-hybridized carbons (Fsp3) is 0.316. The lowest BCUT2D eigenvalue weighted by molar-refractivity contribution is -0.121. The van der Waals surface area contributed by atoms with Crippen LogP contribution >= 0.6 is 11.6 Å². The minimum absolute atomic E-state index is 0.128. The van der Waals surface area contributed by atoms with Gasteiger partial charge in [0.2, 0.25) is 15.9 Å². The third-order valence-electron chi connectivity index (χ3n) is 3.95. The normalized spacial score (nSPS) is 12.2. The van der Waals surface area contributed by atoms with Crippen molar-refractivity contribution in [1.29, 1.82) is 0 Å². The third kappa shape index (κ3) is 6.23. The van der Waals surface area contributed by atoms with Crippen molar-refractivity contribution in [3.05, 3.63) is 53.3 Å². The molecule has 29 heavy (non-hydrogen) atoms. The molecule has 2 rings (SSSR count). The van der Waals surface area contributed by atoms with Gasteiger partial charge in [-0.1, -0.05) is 11.6 Å². The molecule has 2 aromatic carbocycles. The zero-order valence-electron chi connectivity index (χ0n) is 16.2. The van der Waals surface area contributed by atoms with E-state index in [0.29, 0.717) is 10.8 Å². The van der Waals surface area contributed by atoms with Crippen LogP contribution in [0.3, 0.4) is 0 Å². The third-order valence-corrected chi connectivity index (χ3v) is 5.41. The number of carbonyl (C=O) groups excluding carboxylic acids is 1. The van der Waals surface area contributed by atoms with Gasteiger partial charge in [-0.25, -0.2) is 12.8 Å². The highest BCUT2D eigenvalue weighted by Crippen LogP contribution is 2.34. The largest absolute Gasteiger partial charge is 0.495 e. The van der Waals surface area contributed by atoms with Crippen molar-refractivity contribution in [2.24, 2.45) is 0 Å². The Balaban J connectivity index is 2.07. The first-order valence-electron chi connectivity index (χ1n) is 8.62. The van der Waals surface area contributed by atoms with Crippen LogP contribution in [-0.4, -0.2) is 46.9 Å². The molecule has 0 fully saturated rings. The molecule has 0 bridgehead atoms. The second kappa shape index (κ2) is 9.80. The predicted molar refractivity (Wildman–Crippen MR) is 110 cm³/mol. The van der Waals surface area contributed by atoms with Crippen molar-refractivity contribution in [2.45, 2.75) is 13.0 Å². The van der Waals surface area contributed by atoms with Crippen LogP contribution < -0.4 is 19.1 Å². The number of benzene rings is 2. The van der Waals surface area contributed by atoms with Crippen LogP contribution in [-0.2, 0) is 14.8 Å². The number of sulfonamides is 1. The fourth-order valence-electron chi connectivity index (χ4n) is 2.64. The number of nitrogens with zero attached hydrogens (tertiary/aromatic N) is 1. The SMILES string of the molecule is COc1ccc(Cl)cc1N([C@@H](C)C(=O)NCCOc1ccc(F)cc1)S(C)(=O)=O. The Kier molecular flexibility index (Phi) is 7.69. The lowest BCUT2D eigenvalue weighted by Gasteiger charge is -2.29. The zero-order valence-corrected chi connectivity index (χ0v) is 17.8. The number of methoxy groups -OCH3 is 1. The maximum atomic E-state index is 12.9. The Morgan fingerprint density at radius 3 is 2.48 bits per heavy atom. The summed E-state index contributed by atoms with van der Waals surface area (Å²) in [6, 6.07) is 8.90. The molecule has 7 nitrogen and oxygen atoms in total. The highest BCUT2D eigenvalue weighted by molar-refractivity contribution is 7.92. The van der Waals surface area contributed by atoms with Gasteiger partial charge in [0, 0.05) is 5.02 Å². The van der Waals surface area contributed by atoms with Gasteiger partial charge in [0.05, 0.1) is 25.6 Å². The molecule has 0 saturated heterocycles. The van der Waals surface area contributed by atoms with Gasteiger partial charge in [0.1, 0.15) is 30.0 Å². The Hall–Kier alpha value is -2.52. The molecule has 0 aliphatic rings. The average molecular weight is 445 g/mol. The molecule has 0 saturated carbocycles. The standard InChI is InChI=1S/C19H22ClFN2O5S/c1-13(19(24)22-10-11-28-16-7-5-15(21)6-8-16)23(29(3,25)26)17-12-14(20)4-9-18(17)27-2/h4-9,12-13H,10-11H2,1-3H3,(H,22,24)/t13-/m0/s1. The number of amides is 1. The van der Waals surface area contributed by atoms with Crippen LogP contribution in [0, 0.1) is 5.82 Å². The van der Waals surface area contributed by atoms with Crippen molar-refractivity contribution in [1.82, 2.24) is 5.32 Å². The van der Waals surface area contributed by atoms with Crippen molar-refractivity contribution < 1.29 is 27.1 Å². The number of rotatable bonds is 9. The Bertz CT molecular complexity index is 954. The van der Waals surface area contributed by atoms with E-state index in [1.54, 1.807) is 6.07 Å². The van der Waals surface area contributed by atoms with Gasteiger partial charge in [-0.05, 0) is 49.4 Å². The fourth-order valence-corrected chi connectivity index (χ4v) is 3.97. The monoisotopic (exact) mass is 444 g/mol. The minimum Gasteiger partial charge on any atom is -0.495 e. The second-order valence-electron chi connectivity index (χ2n) is 6.14. The molecule has 1 atom stereocenters. The molecular formula is C19H22ClFN2O5S. The first-order chi connectivity index (χ1) is 13.6. The quantitative estimate of drug-likeness (QED) is 0.601. The molecule has 0 spiro atoms. The van der Waals surface area contributed by atoms with E-state index in [-0.39, 0.29) is 30.4 Å². The molecule has 0 aromatic heterocycles. The van der Waals surface area contributed by atoms with Crippen LogP contribution in [0.15, 0.2) is 42.5 Å². The van der Waals surface area contributed by atoms with E-state index in [4.69, 9.17) is 21.1 Å². The number of carbonyl (C=O) groups is 1. The van der Waals surface area contributed by atoms with E-state index in [2.05, 4.69) is 5.32 Å². The lowest BCUT2D eigenvalue weighted by atomic mass is 10.2. The Morgan fingerprint density at radius 2 is 1.90 bits per heavy atom. The van der Waals surface area contributed by atoms with E-state index in [1.807, 2.05) is 0 Å². The summed E-state index contributed by atoms with van der Waals surface area (Å²) in [7, 11) is -2.43. The minimum atomic E-state index is -3.82. The van der Waals surface area contributed by atoms with Gasteiger partial charge in [-0.15, -0.1) is 0 Å². The van der Waals surface area contributed by atoms with Crippen LogP contribution in [0.5, 0.6) is 11.5 Å². The zero-order chi connectivity index (χ0) is 21.6. The summed E-state index contributed by atoms with van der Waals surface area (Å²) in [5.41, 5.74) is 0.160. The van der Waals surface area contributed by atoms with Gasteiger partial charge in [-0.2, -0.15) is 0 Å². The van der Waals surface area contributed by atoms with E-state index in [9.17, 15) is 17.6 Å². The Labute approximate surface area is 174 Å².